The number of amides is 5. The van der Waals surface area contributed by atoms with Gasteiger partial charge in [-0.25, -0.2) is 13.2 Å². The molecule has 1 heterocycles. The number of hydrogen-bond acceptors (Lipinski definition) is 7. The molecule has 288 valence electrons. The van der Waals surface area contributed by atoms with Crippen LogP contribution in [-0.2, 0) is 29.0 Å². The fourth-order valence-corrected chi connectivity index (χ4v) is 9.83. The van der Waals surface area contributed by atoms with E-state index in [0.29, 0.717) is 25.8 Å². The third-order valence-electron chi connectivity index (χ3n) is 11.8. The van der Waals surface area contributed by atoms with Crippen molar-refractivity contribution in [1.82, 2.24) is 26.2 Å². The fraction of sp³-hybridized carbons (Fsp3) is 0.816. The molecule has 5 atom stereocenters. The third-order valence-corrected chi connectivity index (χ3v) is 14.6. The van der Waals surface area contributed by atoms with Gasteiger partial charge in [-0.1, -0.05) is 72.8 Å². The highest BCUT2D eigenvalue weighted by Crippen LogP contribution is 2.53. The minimum absolute atomic E-state index is 0.0215. The zero-order valence-electron chi connectivity index (χ0n) is 32.2. The molecule has 1 aliphatic heterocycles. The first-order chi connectivity index (χ1) is 23.5. The number of hydrogen-bond donors (Lipinski definition) is 4. The summed E-state index contributed by atoms with van der Waals surface area (Å²) in [5, 5.41) is 11.4. The maximum atomic E-state index is 14.7. The summed E-state index contributed by atoms with van der Waals surface area (Å²) in [7, 11) is -3.57. The highest BCUT2D eigenvalue weighted by molar-refractivity contribution is 7.92. The number of Topliss-reactive ketones (excluding diaryl/α,β-unsaturated/α-hetero) is 1. The first-order valence-electron chi connectivity index (χ1n) is 18.9. The van der Waals surface area contributed by atoms with E-state index >= 15 is 0 Å². The zero-order chi connectivity index (χ0) is 38.2. The van der Waals surface area contributed by atoms with Gasteiger partial charge < -0.3 is 26.2 Å². The van der Waals surface area contributed by atoms with Crippen LogP contribution in [0.4, 0.5) is 4.79 Å². The Morgan fingerprint density at radius 1 is 0.922 bits per heavy atom. The maximum Gasteiger partial charge on any atom is 0.315 e. The molecule has 0 radical (unpaired) electrons. The lowest BCUT2D eigenvalue weighted by Gasteiger charge is -2.41. The Morgan fingerprint density at radius 3 is 2.10 bits per heavy atom. The monoisotopic (exact) mass is 733 g/mol. The van der Waals surface area contributed by atoms with E-state index in [1.54, 1.807) is 25.7 Å². The number of rotatable bonds is 13. The van der Waals surface area contributed by atoms with Gasteiger partial charge in [0, 0.05) is 13.1 Å². The van der Waals surface area contributed by atoms with Gasteiger partial charge in [0.1, 0.15) is 12.1 Å². The van der Waals surface area contributed by atoms with Crippen LogP contribution in [0.3, 0.4) is 0 Å². The minimum Gasteiger partial charge on any atom is -0.346 e. The molecule has 4 aliphatic rings. The molecule has 4 N–H and O–H groups in total. The molecular weight excluding hydrogens is 671 g/mol. The van der Waals surface area contributed by atoms with Crippen molar-refractivity contribution < 1.29 is 32.4 Å². The van der Waals surface area contributed by atoms with Gasteiger partial charge in [0.15, 0.2) is 9.84 Å². The van der Waals surface area contributed by atoms with Gasteiger partial charge in [0.25, 0.3) is 5.91 Å². The van der Waals surface area contributed by atoms with Crippen LogP contribution in [0.5, 0.6) is 0 Å². The number of ketones is 1. The van der Waals surface area contributed by atoms with E-state index in [9.17, 15) is 32.4 Å². The summed E-state index contributed by atoms with van der Waals surface area (Å²) >= 11 is 0. The van der Waals surface area contributed by atoms with Crippen LogP contribution in [0.1, 0.15) is 120 Å². The van der Waals surface area contributed by atoms with E-state index in [-0.39, 0.29) is 35.5 Å². The Morgan fingerprint density at radius 2 is 1.55 bits per heavy atom. The van der Waals surface area contributed by atoms with Gasteiger partial charge in [-0.2, -0.15) is 0 Å². The predicted octanol–water partition coefficient (Wildman–Crippen LogP) is 4.04. The molecule has 1 unspecified atom stereocenters. The Kier molecular flexibility index (Phi) is 12.1. The standard InChI is InChI=1S/C38H63N5O7S/c1-10-20-39-32(46)29(44)27(21-24-14-15-24)40-31(45)28-25-16-19-37(8,9)26(25)22-43(28)33(47)30(35(2,3)4)41-34(48)42-38(17-12-11-13-18-38)23-51(49,50)36(5,6)7/h10,24-28,30H,1,11-23H2,2-9H3,(H,39,46)(H,40,45)(H2,41,42,48)/t25-,26-,27?,28-,30+/m0/s1. The van der Waals surface area contributed by atoms with Gasteiger partial charge in [-0.3, -0.25) is 19.2 Å². The lowest BCUT2D eigenvalue weighted by Crippen LogP contribution is -2.64. The molecule has 3 aliphatic carbocycles. The van der Waals surface area contributed by atoms with Crippen molar-refractivity contribution in [3.05, 3.63) is 12.7 Å². The topological polar surface area (TPSA) is 171 Å². The molecule has 1 saturated heterocycles. The van der Waals surface area contributed by atoms with E-state index in [2.05, 4.69) is 41.7 Å². The predicted molar refractivity (Wildman–Crippen MR) is 197 cm³/mol. The van der Waals surface area contributed by atoms with Crippen molar-refractivity contribution in [1.29, 1.82) is 0 Å². The third kappa shape index (κ3) is 9.53. The molecule has 5 amide bonds. The largest absolute Gasteiger partial charge is 0.346 e. The van der Waals surface area contributed by atoms with E-state index < -0.39 is 73.2 Å². The summed E-state index contributed by atoms with van der Waals surface area (Å²) in [5.74, 6) is -2.45. The van der Waals surface area contributed by atoms with Crippen LogP contribution in [0, 0.1) is 28.6 Å². The maximum absolute atomic E-state index is 14.7. The van der Waals surface area contributed by atoms with E-state index in [0.717, 1.165) is 44.9 Å². The quantitative estimate of drug-likeness (QED) is 0.164. The van der Waals surface area contributed by atoms with E-state index in [1.165, 1.54) is 6.08 Å². The van der Waals surface area contributed by atoms with Crippen molar-refractivity contribution >= 4 is 39.4 Å². The second kappa shape index (κ2) is 15.2. The summed E-state index contributed by atoms with van der Waals surface area (Å²) in [4.78, 5) is 70.4. The molecule has 51 heavy (non-hydrogen) atoms. The van der Waals surface area contributed by atoms with Crippen LogP contribution in [0.15, 0.2) is 12.7 Å². The Labute approximate surface area is 305 Å². The fourth-order valence-electron chi connectivity index (χ4n) is 8.31. The van der Waals surface area contributed by atoms with Crippen molar-refractivity contribution in [2.75, 3.05) is 18.8 Å². The highest BCUT2D eigenvalue weighted by Gasteiger charge is 2.57. The van der Waals surface area contributed by atoms with Gasteiger partial charge in [-0.15, -0.1) is 6.58 Å². The summed E-state index contributed by atoms with van der Waals surface area (Å²) < 4.78 is 25.7. The Hall–Kier alpha value is -2.96. The smallest absolute Gasteiger partial charge is 0.315 e. The number of carbonyl (C=O) groups excluding carboxylic acids is 5. The van der Waals surface area contributed by atoms with E-state index in [1.807, 2.05) is 20.8 Å². The van der Waals surface area contributed by atoms with E-state index in [4.69, 9.17) is 0 Å². The molecule has 0 aromatic rings. The number of carbonyl (C=O) groups is 5. The van der Waals surface area contributed by atoms with Crippen LogP contribution in [0.25, 0.3) is 0 Å². The second-order valence-electron chi connectivity index (χ2n) is 18.4. The molecule has 0 aromatic heterocycles. The van der Waals surface area contributed by atoms with Crippen LogP contribution >= 0.6 is 0 Å². The lowest BCUT2D eigenvalue weighted by molar-refractivity contribution is -0.144. The van der Waals surface area contributed by atoms with Crippen molar-refractivity contribution in [2.24, 2.45) is 28.6 Å². The molecule has 0 bridgehead atoms. The zero-order valence-corrected chi connectivity index (χ0v) is 33.0. The van der Waals surface area contributed by atoms with Gasteiger partial charge in [0.2, 0.25) is 17.6 Å². The SMILES string of the molecule is C=CCNC(=O)C(=O)C(CC1CC1)NC(=O)[C@@H]1[C@H]2CCC(C)(C)[C@H]2CN1C(=O)[C@@H](NC(=O)NC1(CS(=O)(=O)C(C)(C)C)CCCCC1)C(C)(C)C. The molecule has 13 heteroatoms. The average Bonchev–Trinajstić information content (AvgIpc) is 3.67. The number of urea groups is 1. The highest BCUT2D eigenvalue weighted by atomic mass is 32.2. The van der Waals surface area contributed by atoms with Crippen LogP contribution < -0.4 is 21.3 Å². The minimum atomic E-state index is -3.57. The second-order valence-corrected chi connectivity index (χ2v) is 21.2. The van der Waals surface area contributed by atoms with Gasteiger partial charge >= 0.3 is 6.03 Å². The molecular formula is C38H63N5O7S. The lowest BCUT2D eigenvalue weighted by atomic mass is 9.79. The molecule has 3 saturated carbocycles. The normalized spacial score (nSPS) is 25.6. The first kappa shape index (κ1) is 40.8. The number of nitrogens with zero attached hydrogens (tertiary/aromatic N) is 1. The number of nitrogens with one attached hydrogen (secondary N) is 4. The molecule has 4 rings (SSSR count). The summed E-state index contributed by atoms with van der Waals surface area (Å²) in [6.45, 7) is 18.8. The summed E-state index contributed by atoms with van der Waals surface area (Å²) in [6, 6.07) is -3.55. The molecule has 0 spiro atoms. The van der Waals surface area contributed by atoms with Crippen molar-refractivity contribution in [2.45, 2.75) is 148 Å². The van der Waals surface area contributed by atoms with Crippen molar-refractivity contribution in [3.63, 3.8) is 0 Å². The first-order valence-corrected chi connectivity index (χ1v) is 20.5. The van der Waals surface area contributed by atoms with Gasteiger partial charge in [0.05, 0.1) is 22.1 Å². The van der Waals surface area contributed by atoms with Crippen LogP contribution in [-0.4, -0.2) is 90.1 Å². The molecule has 0 aromatic carbocycles. The number of likely N-dealkylation sites (tertiary alicyclic amines) is 1. The summed E-state index contributed by atoms with van der Waals surface area (Å²) in [5.41, 5.74) is -1.87. The van der Waals surface area contributed by atoms with Gasteiger partial charge in [-0.05, 0) is 81.5 Å². The average molecular weight is 734 g/mol. The number of fused-ring (bicyclic) bond motifs is 1. The Balaban J connectivity index is 1.60. The molecule has 12 nitrogen and oxygen atoms in total. The number of sulfone groups is 1. The Bertz CT molecular complexity index is 1470. The van der Waals surface area contributed by atoms with Crippen molar-refractivity contribution in [3.8, 4) is 0 Å². The van der Waals surface area contributed by atoms with Crippen LogP contribution in [0.2, 0.25) is 0 Å². The summed E-state index contributed by atoms with van der Waals surface area (Å²) in [6.07, 6.45) is 8.83. The molecule has 4 fully saturated rings.